The minimum atomic E-state index is -0.578. The quantitative estimate of drug-likeness (QED) is 0.441. The Bertz CT molecular complexity index is 1070. The standard InChI is InChI=1S/C19H22N6O2/c1-25(2)11-5-10-20-15-8-9-16(14-7-4-3-6-13(14)15)23-24-17-12-21-19(27)22-18(17)26/h3-4,6-9,12,20H,5,10-11H2,1-2H3,(H2,21,22,26,27). The first kappa shape index (κ1) is 18.5. The van der Waals surface area contributed by atoms with Gasteiger partial charge in [0.2, 0.25) is 0 Å². The Morgan fingerprint density at radius 1 is 1.00 bits per heavy atom. The summed E-state index contributed by atoms with van der Waals surface area (Å²) in [6.07, 6.45) is 2.28. The summed E-state index contributed by atoms with van der Waals surface area (Å²) in [5.74, 6) is 0. The summed E-state index contributed by atoms with van der Waals surface area (Å²) in [5.41, 5.74) is 0.574. The van der Waals surface area contributed by atoms with E-state index in [1.54, 1.807) is 0 Å². The summed E-state index contributed by atoms with van der Waals surface area (Å²) >= 11 is 0. The maximum Gasteiger partial charge on any atom is 0.325 e. The van der Waals surface area contributed by atoms with Crippen molar-refractivity contribution in [1.29, 1.82) is 0 Å². The van der Waals surface area contributed by atoms with Crippen LogP contribution < -0.4 is 16.6 Å². The minimum Gasteiger partial charge on any atom is -0.384 e. The number of hydrogen-bond donors (Lipinski definition) is 3. The SMILES string of the molecule is CN(C)CCCNc1ccc(N=Nc2c[nH]c(=O)[nH]c2=O)c2ccccc12. The highest BCUT2D eigenvalue weighted by molar-refractivity contribution is 6.00. The van der Waals surface area contributed by atoms with Crippen LogP contribution in [0.2, 0.25) is 0 Å². The van der Waals surface area contributed by atoms with Crippen LogP contribution in [0.5, 0.6) is 0 Å². The zero-order chi connectivity index (χ0) is 19.2. The number of H-pyrrole nitrogens is 2. The number of aromatic nitrogens is 2. The molecule has 3 N–H and O–H groups in total. The van der Waals surface area contributed by atoms with E-state index < -0.39 is 11.2 Å². The van der Waals surface area contributed by atoms with Crippen molar-refractivity contribution in [1.82, 2.24) is 14.9 Å². The van der Waals surface area contributed by atoms with Gasteiger partial charge in [-0.3, -0.25) is 9.78 Å². The Kier molecular flexibility index (Phi) is 5.77. The fourth-order valence-electron chi connectivity index (χ4n) is 2.73. The third-order valence-corrected chi connectivity index (χ3v) is 4.06. The molecule has 1 aromatic heterocycles. The van der Waals surface area contributed by atoms with E-state index >= 15 is 0 Å². The highest BCUT2D eigenvalue weighted by Crippen LogP contribution is 2.32. The Morgan fingerprint density at radius 2 is 1.74 bits per heavy atom. The summed E-state index contributed by atoms with van der Waals surface area (Å²) in [4.78, 5) is 29.5. The highest BCUT2D eigenvalue weighted by Gasteiger charge is 2.06. The second kappa shape index (κ2) is 8.41. The van der Waals surface area contributed by atoms with Crippen LogP contribution in [0, 0.1) is 0 Å². The van der Waals surface area contributed by atoms with Gasteiger partial charge in [0.25, 0.3) is 5.56 Å². The van der Waals surface area contributed by atoms with Gasteiger partial charge < -0.3 is 15.2 Å². The molecule has 0 aliphatic carbocycles. The van der Waals surface area contributed by atoms with Crippen molar-refractivity contribution < 1.29 is 0 Å². The topological polar surface area (TPSA) is 106 Å². The van der Waals surface area contributed by atoms with Crippen molar-refractivity contribution in [2.24, 2.45) is 10.2 Å². The molecule has 0 unspecified atom stereocenters. The van der Waals surface area contributed by atoms with E-state index in [-0.39, 0.29) is 5.69 Å². The molecule has 2 aromatic carbocycles. The first-order valence-electron chi connectivity index (χ1n) is 8.69. The van der Waals surface area contributed by atoms with E-state index in [1.165, 1.54) is 6.20 Å². The third kappa shape index (κ3) is 4.68. The van der Waals surface area contributed by atoms with E-state index in [0.717, 1.165) is 36.0 Å². The summed E-state index contributed by atoms with van der Waals surface area (Å²) in [7, 11) is 4.12. The first-order chi connectivity index (χ1) is 13.0. The number of anilines is 1. The lowest BCUT2D eigenvalue weighted by Crippen LogP contribution is -2.20. The lowest BCUT2D eigenvalue weighted by atomic mass is 10.1. The second-order valence-corrected chi connectivity index (χ2v) is 6.42. The molecule has 0 amide bonds. The van der Waals surface area contributed by atoms with Crippen molar-refractivity contribution in [3.63, 3.8) is 0 Å². The van der Waals surface area contributed by atoms with Gasteiger partial charge in [-0.1, -0.05) is 24.3 Å². The molecule has 0 aliphatic rings. The summed E-state index contributed by atoms with van der Waals surface area (Å²) in [6.45, 7) is 1.89. The van der Waals surface area contributed by atoms with Crippen molar-refractivity contribution in [2.45, 2.75) is 6.42 Å². The Hall–Kier alpha value is -3.26. The molecule has 0 radical (unpaired) electrons. The van der Waals surface area contributed by atoms with Gasteiger partial charge in [-0.25, -0.2) is 4.79 Å². The Morgan fingerprint density at radius 3 is 2.48 bits per heavy atom. The molecule has 0 saturated heterocycles. The van der Waals surface area contributed by atoms with Crippen LogP contribution in [0.3, 0.4) is 0 Å². The molecule has 3 aromatic rings. The first-order valence-corrected chi connectivity index (χ1v) is 8.69. The number of aromatic amines is 2. The number of benzene rings is 2. The predicted octanol–water partition coefficient (Wildman–Crippen LogP) is 3.00. The molecule has 0 aliphatic heterocycles. The number of hydrogen-bond acceptors (Lipinski definition) is 6. The van der Waals surface area contributed by atoms with E-state index in [2.05, 4.69) is 44.5 Å². The third-order valence-electron chi connectivity index (χ3n) is 4.06. The average Bonchev–Trinajstić information content (AvgIpc) is 2.65. The van der Waals surface area contributed by atoms with E-state index in [9.17, 15) is 9.59 Å². The Balaban J connectivity index is 1.87. The number of nitrogens with zero attached hydrogens (tertiary/aromatic N) is 3. The van der Waals surface area contributed by atoms with Crippen molar-refractivity contribution in [2.75, 3.05) is 32.5 Å². The minimum absolute atomic E-state index is 0.0459. The molecule has 8 heteroatoms. The fourth-order valence-corrected chi connectivity index (χ4v) is 2.73. The molecular formula is C19H22N6O2. The predicted molar refractivity (Wildman–Crippen MR) is 107 cm³/mol. The summed E-state index contributed by atoms with van der Waals surface area (Å²) in [5, 5.41) is 13.6. The van der Waals surface area contributed by atoms with Gasteiger partial charge in [-0.05, 0) is 39.2 Å². The number of nitrogens with one attached hydrogen (secondary N) is 3. The molecule has 0 fully saturated rings. The highest BCUT2D eigenvalue weighted by atomic mass is 16.2. The molecule has 0 saturated carbocycles. The number of rotatable bonds is 7. The molecule has 1 heterocycles. The van der Waals surface area contributed by atoms with Crippen LogP contribution in [-0.2, 0) is 0 Å². The zero-order valence-electron chi connectivity index (χ0n) is 15.3. The van der Waals surface area contributed by atoms with Crippen molar-refractivity contribution >= 4 is 27.8 Å². The van der Waals surface area contributed by atoms with Gasteiger partial charge >= 0.3 is 5.69 Å². The van der Waals surface area contributed by atoms with Gasteiger partial charge in [0.15, 0.2) is 5.69 Å². The Labute approximate surface area is 156 Å². The van der Waals surface area contributed by atoms with Crippen molar-refractivity contribution in [3.8, 4) is 0 Å². The van der Waals surface area contributed by atoms with E-state index in [0.29, 0.717) is 5.69 Å². The molecule has 0 atom stereocenters. The van der Waals surface area contributed by atoms with Crippen LogP contribution >= 0.6 is 0 Å². The molecule has 140 valence electrons. The lowest BCUT2D eigenvalue weighted by Gasteiger charge is -2.13. The maximum absolute atomic E-state index is 11.7. The largest absolute Gasteiger partial charge is 0.384 e. The smallest absolute Gasteiger partial charge is 0.325 e. The van der Waals surface area contributed by atoms with Crippen LogP contribution in [0.15, 0.2) is 62.4 Å². The maximum atomic E-state index is 11.7. The van der Waals surface area contributed by atoms with Gasteiger partial charge in [0.05, 0.1) is 5.69 Å². The normalized spacial score (nSPS) is 11.5. The molecular weight excluding hydrogens is 344 g/mol. The van der Waals surface area contributed by atoms with E-state index in [1.807, 2.05) is 36.4 Å². The monoisotopic (exact) mass is 366 g/mol. The van der Waals surface area contributed by atoms with Gasteiger partial charge in [-0.15, -0.1) is 10.2 Å². The zero-order valence-corrected chi connectivity index (χ0v) is 15.3. The molecule has 27 heavy (non-hydrogen) atoms. The summed E-state index contributed by atoms with van der Waals surface area (Å²) in [6, 6.07) is 11.7. The summed E-state index contributed by atoms with van der Waals surface area (Å²) < 4.78 is 0. The number of azo groups is 1. The lowest BCUT2D eigenvalue weighted by molar-refractivity contribution is 0.405. The van der Waals surface area contributed by atoms with Gasteiger partial charge in [0.1, 0.15) is 0 Å². The van der Waals surface area contributed by atoms with Crippen LogP contribution in [0.1, 0.15) is 6.42 Å². The van der Waals surface area contributed by atoms with Gasteiger partial charge in [-0.2, -0.15) is 0 Å². The van der Waals surface area contributed by atoms with Crippen molar-refractivity contribution in [3.05, 3.63) is 63.4 Å². The van der Waals surface area contributed by atoms with E-state index in [4.69, 9.17) is 0 Å². The second-order valence-electron chi connectivity index (χ2n) is 6.42. The fraction of sp³-hybridized carbons (Fsp3) is 0.263. The molecule has 0 spiro atoms. The molecule has 0 bridgehead atoms. The number of fused-ring (bicyclic) bond motifs is 1. The molecule has 8 nitrogen and oxygen atoms in total. The van der Waals surface area contributed by atoms with Crippen LogP contribution in [-0.4, -0.2) is 42.1 Å². The molecule has 3 rings (SSSR count). The van der Waals surface area contributed by atoms with Crippen LogP contribution in [0.25, 0.3) is 10.8 Å². The van der Waals surface area contributed by atoms with Crippen LogP contribution in [0.4, 0.5) is 17.1 Å². The average molecular weight is 366 g/mol. The van der Waals surface area contributed by atoms with Gasteiger partial charge in [0, 0.05) is 29.2 Å².